The zero-order valence-corrected chi connectivity index (χ0v) is 18.6. The Labute approximate surface area is 191 Å². The van der Waals surface area contributed by atoms with Crippen LogP contribution in [0.3, 0.4) is 0 Å². The van der Waals surface area contributed by atoms with Crippen LogP contribution in [0.1, 0.15) is 22.3 Å². The van der Waals surface area contributed by atoms with Gasteiger partial charge in [0.1, 0.15) is 11.5 Å². The van der Waals surface area contributed by atoms with Crippen LogP contribution in [0.5, 0.6) is 11.5 Å². The van der Waals surface area contributed by atoms with Crippen molar-refractivity contribution in [2.24, 2.45) is 0 Å². The van der Waals surface area contributed by atoms with Gasteiger partial charge < -0.3 is 24.4 Å². The molecular weight excluding hydrogens is 434 g/mol. The minimum absolute atomic E-state index is 0.0856. The number of halogens is 3. The summed E-state index contributed by atoms with van der Waals surface area (Å²) in [5.41, 5.74) is 0.566. The summed E-state index contributed by atoms with van der Waals surface area (Å²) in [5, 5.41) is 19.4. The van der Waals surface area contributed by atoms with E-state index in [1.54, 1.807) is 14.2 Å². The Balaban J connectivity index is 2.04. The zero-order valence-electron chi connectivity index (χ0n) is 18.6. The van der Waals surface area contributed by atoms with E-state index in [-0.39, 0.29) is 5.56 Å². The average molecular weight is 459 g/mol. The fourth-order valence-electron chi connectivity index (χ4n) is 3.71. The van der Waals surface area contributed by atoms with Crippen LogP contribution >= 0.6 is 0 Å². The zero-order chi connectivity index (χ0) is 24.2. The molecule has 5 nitrogen and oxygen atoms in total. The van der Waals surface area contributed by atoms with Crippen molar-refractivity contribution >= 4 is 18.3 Å². The molecule has 33 heavy (non-hydrogen) atoms. The minimum atomic E-state index is -4.71. The van der Waals surface area contributed by atoms with Crippen LogP contribution in [0, 0.1) is 6.92 Å². The van der Waals surface area contributed by atoms with E-state index in [1.165, 1.54) is 19.1 Å². The van der Waals surface area contributed by atoms with E-state index >= 15 is 0 Å². The van der Waals surface area contributed by atoms with Gasteiger partial charge in [0.25, 0.3) is 0 Å². The molecule has 174 valence electrons. The molecule has 0 aliphatic rings. The van der Waals surface area contributed by atoms with Crippen LogP contribution in [-0.2, 0) is 19.3 Å². The van der Waals surface area contributed by atoms with Crippen molar-refractivity contribution in [2.45, 2.75) is 26.2 Å². The van der Waals surface area contributed by atoms with Gasteiger partial charge in [0.15, 0.2) is 0 Å². The third-order valence-corrected chi connectivity index (χ3v) is 5.34. The summed E-state index contributed by atoms with van der Waals surface area (Å²) in [7, 11) is 0.874. The number of ether oxygens (including phenoxy) is 2. The summed E-state index contributed by atoms with van der Waals surface area (Å²) in [6, 6.07) is 17.3. The lowest BCUT2D eigenvalue weighted by Gasteiger charge is -2.28. The molecule has 0 bridgehead atoms. The molecule has 3 aromatic rings. The van der Waals surface area contributed by atoms with Crippen LogP contribution in [0.25, 0.3) is 0 Å². The van der Waals surface area contributed by atoms with Gasteiger partial charge in [-0.1, -0.05) is 24.3 Å². The molecule has 0 heterocycles. The quantitative estimate of drug-likeness (QED) is 0.501. The summed E-state index contributed by atoms with van der Waals surface area (Å²) in [6.45, 7) is 2.07. The van der Waals surface area contributed by atoms with Crippen LogP contribution in [0.4, 0.5) is 18.9 Å². The molecular formula is C24H25BF3NO4. The molecule has 9 heteroatoms. The molecule has 3 aromatic carbocycles. The maximum atomic E-state index is 13.6. The smallest absolute Gasteiger partial charge is 0.489 e. The number of hydrogen-bond acceptors (Lipinski definition) is 5. The maximum absolute atomic E-state index is 13.6. The van der Waals surface area contributed by atoms with Gasteiger partial charge in [0, 0.05) is 18.8 Å². The van der Waals surface area contributed by atoms with E-state index in [0.29, 0.717) is 30.3 Å². The fraction of sp³-hybridized carbons (Fsp3) is 0.250. The van der Waals surface area contributed by atoms with E-state index in [1.807, 2.05) is 53.4 Å². The average Bonchev–Trinajstić information content (AvgIpc) is 2.78. The molecule has 0 fully saturated rings. The third kappa shape index (κ3) is 6.00. The van der Waals surface area contributed by atoms with Gasteiger partial charge in [0.05, 0.1) is 19.8 Å². The van der Waals surface area contributed by atoms with Crippen molar-refractivity contribution in [3.8, 4) is 11.5 Å². The lowest BCUT2D eigenvalue weighted by atomic mass is 9.75. The third-order valence-electron chi connectivity index (χ3n) is 5.34. The standard InChI is InChI=1S/C24H25BF3NO4/c1-16-12-19(13-22(25(30)31)23(16)24(26,27)28)29(14-17-4-8-20(32-2)9-5-17)15-18-6-10-21(33-3)11-7-18/h4-13,30-31H,14-15H2,1-3H3. The lowest BCUT2D eigenvalue weighted by Crippen LogP contribution is -2.38. The Morgan fingerprint density at radius 1 is 0.818 bits per heavy atom. The molecule has 0 amide bonds. The molecule has 0 spiro atoms. The first-order valence-corrected chi connectivity index (χ1v) is 10.2. The highest BCUT2D eigenvalue weighted by Gasteiger charge is 2.38. The number of anilines is 1. The second-order valence-corrected chi connectivity index (χ2v) is 7.65. The van der Waals surface area contributed by atoms with Gasteiger partial charge >= 0.3 is 13.3 Å². The van der Waals surface area contributed by atoms with E-state index in [4.69, 9.17) is 9.47 Å². The monoisotopic (exact) mass is 459 g/mol. The Morgan fingerprint density at radius 3 is 1.64 bits per heavy atom. The van der Waals surface area contributed by atoms with Crippen molar-refractivity contribution < 1.29 is 32.7 Å². The molecule has 0 saturated carbocycles. The van der Waals surface area contributed by atoms with Gasteiger partial charge in [-0.15, -0.1) is 0 Å². The first-order valence-electron chi connectivity index (χ1n) is 10.2. The molecule has 0 unspecified atom stereocenters. The Bertz CT molecular complexity index is 1020. The van der Waals surface area contributed by atoms with E-state index in [9.17, 15) is 23.2 Å². The minimum Gasteiger partial charge on any atom is -0.497 e. The summed E-state index contributed by atoms with van der Waals surface area (Å²) >= 11 is 0. The normalized spacial score (nSPS) is 11.3. The van der Waals surface area contributed by atoms with Crippen molar-refractivity contribution in [3.63, 3.8) is 0 Å². The molecule has 2 N–H and O–H groups in total. The van der Waals surface area contributed by atoms with E-state index in [2.05, 4.69) is 0 Å². The largest absolute Gasteiger partial charge is 0.497 e. The number of hydrogen-bond donors (Lipinski definition) is 2. The fourth-order valence-corrected chi connectivity index (χ4v) is 3.71. The highest BCUT2D eigenvalue weighted by Crippen LogP contribution is 2.33. The first-order chi connectivity index (χ1) is 15.6. The Morgan fingerprint density at radius 2 is 1.27 bits per heavy atom. The number of aryl methyl sites for hydroxylation is 1. The summed E-state index contributed by atoms with van der Waals surface area (Å²) in [4.78, 5) is 1.88. The van der Waals surface area contributed by atoms with Gasteiger partial charge in [-0.25, -0.2) is 0 Å². The molecule has 0 aliphatic carbocycles. The van der Waals surface area contributed by atoms with Gasteiger partial charge in [0.2, 0.25) is 0 Å². The van der Waals surface area contributed by atoms with Crippen LogP contribution in [0.15, 0.2) is 60.7 Å². The number of nitrogens with zero attached hydrogens (tertiary/aromatic N) is 1. The number of methoxy groups -OCH3 is 2. The van der Waals surface area contributed by atoms with E-state index in [0.717, 1.165) is 11.1 Å². The first kappa shape index (κ1) is 24.5. The Hall–Kier alpha value is -3.17. The lowest BCUT2D eigenvalue weighted by molar-refractivity contribution is -0.137. The molecule has 0 radical (unpaired) electrons. The SMILES string of the molecule is COc1ccc(CN(Cc2ccc(OC)cc2)c2cc(C)c(C(F)(F)F)c(B(O)O)c2)cc1. The predicted molar refractivity (Wildman–Crippen MR) is 122 cm³/mol. The highest BCUT2D eigenvalue weighted by molar-refractivity contribution is 6.59. The van der Waals surface area contributed by atoms with Gasteiger partial charge in [-0.3, -0.25) is 0 Å². The number of alkyl halides is 3. The topological polar surface area (TPSA) is 62.2 Å². The van der Waals surface area contributed by atoms with Crippen molar-refractivity contribution in [2.75, 3.05) is 19.1 Å². The second-order valence-electron chi connectivity index (χ2n) is 7.65. The maximum Gasteiger partial charge on any atom is 0.489 e. The molecule has 0 atom stereocenters. The summed E-state index contributed by atoms with van der Waals surface area (Å²) in [6.07, 6.45) is -4.71. The summed E-state index contributed by atoms with van der Waals surface area (Å²) < 4.78 is 51.1. The van der Waals surface area contributed by atoms with Gasteiger partial charge in [-0.05, 0) is 65.5 Å². The van der Waals surface area contributed by atoms with Crippen LogP contribution in [0.2, 0.25) is 0 Å². The highest BCUT2D eigenvalue weighted by atomic mass is 19.4. The number of rotatable bonds is 8. The van der Waals surface area contributed by atoms with Crippen LogP contribution < -0.4 is 19.8 Å². The molecule has 0 saturated heterocycles. The van der Waals surface area contributed by atoms with Gasteiger partial charge in [-0.2, -0.15) is 13.2 Å². The van der Waals surface area contributed by atoms with E-state index < -0.39 is 24.3 Å². The predicted octanol–water partition coefficient (Wildman–Crippen LogP) is 3.92. The molecule has 3 rings (SSSR count). The van der Waals surface area contributed by atoms with Crippen molar-refractivity contribution in [3.05, 3.63) is 82.9 Å². The van der Waals surface area contributed by atoms with Crippen molar-refractivity contribution in [1.29, 1.82) is 0 Å². The van der Waals surface area contributed by atoms with Crippen LogP contribution in [-0.4, -0.2) is 31.4 Å². The number of benzene rings is 3. The molecule has 0 aromatic heterocycles. The second kappa shape index (κ2) is 10.2. The molecule has 0 aliphatic heterocycles. The van der Waals surface area contributed by atoms with Crippen molar-refractivity contribution in [1.82, 2.24) is 0 Å². The summed E-state index contributed by atoms with van der Waals surface area (Å²) in [5.74, 6) is 1.38. The Kier molecular flexibility index (Phi) is 7.55.